The molecule has 5 nitrogen and oxygen atoms in total. The SMILES string of the molecule is CCC(N)Cc1ccc(OCCS(=O)(=O)CC)cn1. The van der Waals surface area contributed by atoms with E-state index >= 15 is 0 Å². The van der Waals surface area contributed by atoms with E-state index in [1.165, 1.54) is 0 Å². The molecule has 1 atom stereocenters. The minimum absolute atomic E-state index is 0.0337. The van der Waals surface area contributed by atoms with Gasteiger partial charge in [0.2, 0.25) is 0 Å². The molecule has 1 aromatic rings. The van der Waals surface area contributed by atoms with E-state index in [1.807, 2.05) is 13.0 Å². The molecule has 1 unspecified atom stereocenters. The van der Waals surface area contributed by atoms with Gasteiger partial charge in [0.25, 0.3) is 0 Å². The van der Waals surface area contributed by atoms with Crippen molar-refractivity contribution in [2.24, 2.45) is 5.73 Å². The quantitative estimate of drug-likeness (QED) is 0.776. The number of hydrogen-bond acceptors (Lipinski definition) is 5. The standard InChI is InChI=1S/C13H22N2O3S/c1-3-11(14)9-12-5-6-13(10-15-12)18-7-8-19(16,17)4-2/h5-6,10-11H,3-4,7-9,14H2,1-2H3. The second-order valence-corrected chi connectivity index (χ2v) is 6.92. The number of hydrogen-bond donors (Lipinski definition) is 1. The lowest BCUT2D eigenvalue weighted by Gasteiger charge is -2.09. The summed E-state index contributed by atoms with van der Waals surface area (Å²) in [6.45, 7) is 3.82. The van der Waals surface area contributed by atoms with E-state index in [-0.39, 0.29) is 24.2 Å². The van der Waals surface area contributed by atoms with Crippen LogP contribution in [0.15, 0.2) is 18.3 Å². The van der Waals surface area contributed by atoms with Crippen LogP contribution in [0.2, 0.25) is 0 Å². The van der Waals surface area contributed by atoms with Crippen LogP contribution in [-0.2, 0) is 16.3 Å². The summed E-state index contributed by atoms with van der Waals surface area (Å²) in [6.07, 6.45) is 3.26. The molecule has 0 bridgehead atoms. The highest BCUT2D eigenvalue weighted by atomic mass is 32.2. The van der Waals surface area contributed by atoms with Crippen LogP contribution in [0, 0.1) is 0 Å². The maximum atomic E-state index is 11.3. The van der Waals surface area contributed by atoms with Gasteiger partial charge in [-0.2, -0.15) is 0 Å². The third-order valence-corrected chi connectivity index (χ3v) is 4.56. The zero-order valence-corrected chi connectivity index (χ0v) is 12.3. The Hall–Kier alpha value is -1.14. The van der Waals surface area contributed by atoms with Gasteiger partial charge in [-0.25, -0.2) is 8.42 Å². The normalized spacial score (nSPS) is 13.2. The molecule has 1 rings (SSSR count). The maximum Gasteiger partial charge on any atom is 0.153 e. The van der Waals surface area contributed by atoms with Crippen LogP contribution in [0.25, 0.3) is 0 Å². The topological polar surface area (TPSA) is 82.3 Å². The second kappa shape index (κ2) is 7.45. The molecular weight excluding hydrogens is 264 g/mol. The molecule has 1 heterocycles. The molecule has 0 amide bonds. The van der Waals surface area contributed by atoms with E-state index in [0.717, 1.165) is 18.5 Å². The molecule has 0 saturated carbocycles. The van der Waals surface area contributed by atoms with E-state index in [1.54, 1.807) is 19.2 Å². The van der Waals surface area contributed by atoms with Gasteiger partial charge in [0, 0.05) is 23.9 Å². The summed E-state index contributed by atoms with van der Waals surface area (Å²) in [4.78, 5) is 4.25. The van der Waals surface area contributed by atoms with Crippen molar-refractivity contribution in [3.63, 3.8) is 0 Å². The van der Waals surface area contributed by atoms with Gasteiger partial charge in [-0.05, 0) is 18.6 Å². The Morgan fingerprint density at radius 3 is 2.63 bits per heavy atom. The van der Waals surface area contributed by atoms with Gasteiger partial charge in [-0.1, -0.05) is 13.8 Å². The molecule has 1 aromatic heterocycles. The molecule has 0 fully saturated rings. The number of aromatic nitrogens is 1. The molecule has 0 aliphatic carbocycles. The number of ether oxygens (including phenoxy) is 1. The summed E-state index contributed by atoms with van der Waals surface area (Å²) in [7, 11) is -2.98. The van der Waals surface area contributed by atoms with Gasteiger partial charge in [0.05, 0.1) is 11.9 Å². The third kappa shape index (κ3) is 6.02. The van der Waals surface area contributed by atoms with Crippen molar-refractivity contribution in [3.05, 3.63) is 24.0 Å². The Bertz CT molecular complexity index is 471. The van der Waals surface area contributed by atoms with Gasteiger partial charge in [0.1, 0.15) is 12.4 Å². The first-order valence-electron chi connectivity index (χ1n) is 6.50. The van der Waals surface area contributed by atoms with E-state index < -0.39 is 9.84 Å². The van der Waals surface area contributed by atoms with Gasteiger partial charge in [0.15, 0.2) is 9.84 Å². The van der Waals surface area contributed by atoms with Gasteiger partial charge in [-0.3, -0.25) is 4.98 Å². The van der Waals surface area contributed by atoms with Crippen molar-refractivity contribution >= 4 is 9.84 Å². The molecule has 0 aromatic carbocycles. The number of nitrogens with two attached hydrogens (primary N) is 1. The van der Waals surface area contributed by atoms with Crippen LogP contribution >= 0.6 is 0 Å². The average molecular weight is 286 g/mol. The molecule has 19 heavy (non-hydrogen) atoms. The summed E-state index contributed by atoms with van der Waals surface area (Å²) in [5, 5.41) is 0. The fraction of sp³-hybridized carbons (Fsp3) is 0.615. The minimum atomic E-state index is -2.98. The summed E-state index contributed by atoms with van der Waals surface area (Å²) in [5.41, 5.74) is 6.77. The lowest BCUT2D eigenvalue weighted by atomic mass is 10.1. The van der Waals surface area contributed by atoms with Crippen LogP contribution in [0.1, 0.15) is 26.0 Å². The molecule has 0 aliphatic rings. The Labute approximate surface area is 115 Å². The predicted octanol–water partition coefficient (Wildman–Crippen LogP) is 1.17. The zero-order valence-electron chi connectivity index (χ0n) is 11.5. The number of sulfone groups is 1. The van der Waals surface area contributed by atoms with E-state index in [2.05, 4.69) is 4.98 Å². The fourth-order valence-electron chi connectivity index (χ4n) is 1.46. The third-order valence-electron chi connectivity index (χ3n) is 2.90. The van der Waals surface area contributed by atoms with Gasteiger partial charge in [-0.15, -0.1) is 0 Å². The van der Waals surface area contributed by atoms with E-state index in [9.17, 15) is 8.42 Å². The first-order chi connectivity index (χ1) is 8.96. The molecule has 0 saturated heterocycles. The maximum absolute atomic E-state index is 11.3. The van der Waals surface area contributed by atoms with Crippen LogP contribution in [0.5, 0.6) is 5.75 Å². The largest absolute Gasteiger partial charge is 0.491 e. The van der Waals surface area contributed by atoms with Crippen LogP contribution in [0.3, 0.4) is 0 Å². The first kappa shape index (κ1) is 15.9. The highest BCUT2D eigenvalue weighted by molar-refractivity contribution is 7.91. The predicted molar refractivity (Wildman–Crippen MR) is 76.0 cm³/mol. The fourth-order valence-corrected chi connectivity index (χ4v) is 2.09. The number of rotatable bonds is 8. The van der Waals surface area contributed by atoms with Crippen LogP contribution in [0.4, 0.5) is 0 Å². The molecule has 108 valence electrons. The van der Waals surface area contributed by atoms with Crippen molar-refractivity contribution in [1.82, 2.24) is 4.98 Å². The summed E-state index contributed by atoms with van der Waals surface area (Å²) in [6, 6.07) is 3.77. The molecule has 0 radical (unpaired) electrons. The van der Waals surface area contributed by atoms with Crippen LogP contribution in [-0.4, -0.2) is 37.6 Å². The highest BCUT2D eigenvalue weighted by Crippen LogP contribution is 2.10. The Kier molecular flexibility index (Phi) is 6.24. The average Bonchev–Trinajstić information content (AvgIpc) is 2.40. The summed E-state index contributed by atoms with van der Waals surface area (Å²) < 4.78 is 27.9. The number of nitrogens with zero attached hydrogens (tertiary/aromatic N) is 1. The van der Waals surface area contributed by atoms with Crippen molar-refractivity contribution < 1.29 is 13.2 Å². The van der Waals surface area contributed by atoms with Crippen molar-refractivity contribution in [2.75, 3.05) is 18.1 Å². The first-order valence-corrected chi connectivity index (χ1v) is 8.32. The molecule has 6 heteroatoms. The second-order valence-electron chi connectivity index (χ2n) is 4.44. The Balaban J connectivity index is 2.44. The highest BCUT2D eigenvalue weighted by Gasteiger charge is 2.08. The zero-order chi connectivity index (χ0) is 14.3. The molecule has 2 N–H and O–H groups in total. The summed E-state index contributed by atoms with van der Waals surface area (Å²) in [5.74, 6) is 0.758. The van der Waals surface area contributed by atoms with Crippen molar-refractivity contribution in [2.45, 2.75) is 32.7 Å². The van der Waals surface area contributed by atoms with E-state index in [4.69, 9.17) is 10.5 Å². The van der Waals surface area contributed by atoms with Crippen molar-refractivity contribution in [3.8, 4) is 5.75 Å². The molecule has 0 spiro atoms. The van der Waals surface area contributed by atoms with Crippen LogP contribution < -0.4 is 10.5 Å². The summed E-state index contributed by atoms with van der Waals surface area (Å²) >= 11 is 0. The minimum Gasteiger partial charge on any atom is -0.491 e. The molecular formula is C13H22N2O3S. The van der Waals surface area contributed by atoms with Crippen molar-refractivity contribution in [1.29, 1.82) is 0 Å². The van der Waals surface area contributed by atoms with Gasteiger partial charge >= 0.3 is 0 Å². The Morgan fingerprint density at radius 1 is 1.37 bits per heavy atom. The van der Waals surface area contributed by atoms with Gasteiger partial charge < -0.3 is 10.5 Å². The lowest BCUT2D eigenvalue weighted by Crippen LogP contribution is -2.21. The monoisotopic (exact) mass is 286 g/mol. The smallest absolute Gasteiger partial charge is 0.153 e. The molecule has 0 aliphatic heterocycles. The lowest BCUT2D eigenvalue weighted by molar-refractivity contribution is 0.339. The van der Waals surface area contributed by atoms with E-state index in [0.29, 0.717) is 5.75 Å². The number of pyridine rings is 1. The Morgan fingerprint density at radius 2 is 2.11 bits per heavy atom.